The molecule has 0 saturated heterocycles. The fraction of sp³-hybridized carbons (Fsp3) is 0.300. The Morgan fingerprint density at radius 2 is 1.56 bits per heavy atom. The quantitative estimate of drug-likeness (QED) is 0.849. The first-order valence-electron chi connectivity index (χ1n) is 8.30. The molecule has 0 spiro atoms. The molecule has 132 valence electrons. The summed E-state index contributed by atoms with van der Waals surface area (Å²) in [5.41, 5.74) is 3.62. The maximum atomic E-state index is 12.3. The van der Waals surface area contributed by atoms with E-state index in [-0.39, 0.29) is 18.4 Å². The van der Waals surface area contributed by atoms with Gasteiger partial charge in [0.1, 0.15) is 0 Å². The van der Waals surface area contributed by atoms with Gasteiger partial charge in [-0.3, -0.25) is 14.5 Å². The van der Waals surface area contributed by atoms with Crippen LogP contribution in [0.5, 0.6) is 0 Å². The summed E-state index contributed by atoms with van der Waals surface area (Å²) in [6, 6.07) is 14.7. The molecule has 1 atom stereocenters. The van der Waals surface area contributed by atoms with E-state index in [1.54, 1.807) is 18.9 Å². The Morgan fingerprint density at radius 1 is 0.960 bits per heavy atom. The van der Waals surface area contributed by atoms with Gasteiger partial charge in [-0.1, -0.05) is 36.4 Å². The summed E-state index contributed by atoms with van der Waals surface area (Å²) >= 11 is 0. The molecule has 0 aliphatic rings. The number of para-hydroxylation sites is 2. The van der Waals surface area contributed by atoms with Gasteiger partial charge >= 0.3 is 0 Å². The lowest BCUT2D eigenvalue weighted by Gasteiger charge is -2.23. The van der Waals surface area contributed by atoms with E-state index in [0.717, 1.165) is 22.5 Å². The van der Waals surface area contributed by atoms with Gasteiger partial charge in [0.25, 0.3) is 0 Å². The van der Waals surface area contributed by atoms with Crippen molar-refractivity contribution in [1.29, 1.82) is 0 Å². The molecule has 0 radical (unpaired) electrons. The molecule has 5 heteroatoms. The normalized spacial score (nSPS) is 11.9. The highest BCUT2D eigenvalue weighted by Crippen LogP contribution is 2.19. The maximum absolute atomic E-state index is 12.3. The van der Waals surface area contributed by atoms with Crippen molar-refractivity contribution in [3.05, 3.63) is 59.7 Å². The van der Waals surface area contributed by atoms with Crippen LogP contribution in [0.25, 0.3) is 0 Å². The van der Waals surface area contributed by atoms with Crippen molar-refractivity contribution in [2.24, 2.45) is 0 Å². The summed E-state index contributed by atoms with van der Waals surface area (Å²) in [5, 5.41) is 5.79. The van der Waals surface area contributed by atoms with Gasteiger partial charge in [-0.05, 0) is 51.1 Å². The lowest BCUT2D eigenvalue weighted by Crippen LogP contribution is -2.43. The number of anilines is 2. The molecule has 0 aliphatic carbocycles. The molecule has 0 fully saturated rings. The van der Waals surface area contributed by atoms with E-state index in [4.69, 9.17) is 0 Å². The standard InChI is InChI=1S/C20H25N3O2/c1-14-9-8-10-15(2)19(14)22-18(24)13-23(4)16(3)20(25)21-17-11-6-5-7-12-17/h5-12,16H,13H2,1-4H3,(H,21,25)(H,22,24). The van der Waals surface area contributed by atoms with Gasteiger partial charge in [-0.2, -0.15) is 0 Å². The smallest absolute Gasteiger partial charge is 0.241 e. The number of carbonyl (C=O) groups excluding carboxylic acids is 2. The maximum Gasteiger partial charge on any atom is 0.241 e. The first-order chi connectivity index (χ1) is 11.9. The molecular weight excluding hydrogens is 314 g/mol. The van der Waals surface area contributed by atoms with E-state index in [2.05, 4.69) is 10.6 Å². The lowest BCUT2D eigenvalue weighted by atomic mass is 10.1. The zero-order chi connectivity index (χ0) is 18.4. The topological polar surface area (TPSA) is 61.4 Å². The third-order valence-electron chi connectivity index (χ3n) is 4.22. The number of aryl methyl sites for hydroxylation is 2. The Bertz CT molecular complexity index is 724. The number of carbonyl (C=O) groups is 2. The van der Waals surface area contributed by atoms with Crippen LogP contribution in [-0.2, 0) is 9.59 Å². The Hall–Kier alpha value is -2.66. The number of hydrogen-bond donors (Lipinski definition) is 2. The summed E-state index contributed by atoms with van der Waals surface area (Å²) in [4.78, 5) is 26.4. The number of nitrogens with zero attached hydrogens (tertiary/aromatic N) is 1. The van der Waals surface area contributed by atoms with Crippen LogP contribution in [0.2, 0.25) is 0 Å². The van der Waals surface area contributed by atoms with Crippen molar-refractivity contribution in [1.82, 2.24) is 4.90 Å². The van der Waals surface area contributed by atoms with Gasteiger partial charge in [0.2, 0.25) is 11.8 Å². The largest absolute Gasteiger partial charge is 0.325 e. The molecule has 0 aliphatic heterocycles. The Kier molecular flexibility index (Phi) is 6.31. The number of amides is 2. The second kappa shape index (κ2) is 8.44. The van der Waals surface area contributed by atoms with E-state index in [1.165, 1.54) is 0 Å². The third kappa shape index (κ3) is 5.16. The molecule has 0 heterocycles. The number of nitrogens with one attached hydrogen (secondary N) is 2. The predicted octanol–water partition coefficient (Wildman–Crippen LogP) is 3.20. The Labute approximate surface area is 149 Å². The van der Waals surface area contributed by atoms with Crippen LogP contribution in [0.1, 0.15) is 18.1 Å². The first kappa shape index (κ1) is 18.7. The highest BCUT2D eigenvalue weighted by molar-refractivity contribution is 5.96. The molecule has 0 aromatic heterocycles. The zero-order valence-electron chi connectivity index (χ0n) is 15.2. The average molecular weight is 339 g/mol. The van der Waals surface area contributed by atoms with Crippen LogP contribution in [0, 0.1) is 13.8 Å². The summed E-state index contributed by atoms with van der Waals surface area (Å²) in [7, 11) is 1.76. The number of benzene rings is 2. The van der Waals surface area contributed by atoms with Crippen molar-refractivity contribution in [2.45, 2.75) is 26.8 Å². The molecule has 2 aromatic carbocycles. The molecule has 0 saturated carbocycles. The zero-order valence-corrected chi connectivity index (χ0v) is 15.2. The van der Waals surface area contributed by atoms with Crippen molar-refractivity contribution in [2.75, 3.05) is 24.2 Å². The first-order valence-corrected chi connectivity index (χ1v) is 8.30. The van der Waals surface area contributed by atoms with Gasteiger partial charge in [-0.15, -0.1) is 0 Å². The third-order valence-corrected chi connectivity index (χ3v) is 4.22. The van der Waals surface area contributed by atoms with Gasteiger partial charge < -0.3 is 10.6 Å². The summed E-state index contributed by atoms with van der Waals surface area (Å²) in [5.74, 6) is -0.284. The lowest BCUT2D eigenvalue weighted by molar-refractivity contribution is -0.122. The SMILES string of the molecule is Cc1cccc(C)c1NC(=O)CN(C)C(C)C(=O)Nc1ccccc1. The van der Waals surface area contributed by atoms with E-state index < -0.39 is 6.04 Å². The van der Waals surface area contributed by atoms with Crippen molar-refractivity contribution in [3.63, 3.8) is 0 Å². The van der Waals surface area contributed by atoms with Crippen molar-refractivity contribution < 1.29 is 9.59 Å². The minimum absolute atomic E-state index is 0.136. The second-order valence-corrected chi connectivity index (χ2v) is 6.26. The van der Waals surface area contributed by atoms with Crippen LogP contribution >= 0.6 is 0 Å². The van der Waals surface area contributed by atoms with Gasteiger partial charge in [0, 0.05) is 11.4 Å². The predicted molar refractivity (Wildman–Crippen MR) is 102 cm³/mol. The number of rotatable bonds is 6. The molecule has 2 amide bonds. The highest BCUT2D eigenvalue weighted by atomic mass is 16.2. The van der Waals surface area contributed by atoms with Crippen LogP contribution in [0.15, 0.2) is 48.5 Å². The van der Waals surface area contributed by atoms with Gasteiger partial charge in [0.15, 0.2) is 0 Å². The van der Waals surface area contributed by atoms with Crippen molar-refractivity contribution in [3.8, 4) is 0 Å². The Morgan fingerprint density at radius 3 is 2.16 bits per heavy atom. The second-order valence-electron chi connectivity index (χ2n) is 6.26. The van der Waals surface area contributed by atoms with Crippen LogP contribution < -0.4 is 10.6 Å². The van der Waals surface area contributed by atoms with E-state index >= 15 is 0 Å². The molecule has 2 aromatic rings. The van der Waals surface area contributed by atoms with E-state index in [9.17, 15) is 9.59 Å². The number of hydrogen-bond acceptors (Lipinski definition) is 3. The summed E-state index contributed by atoms with van der Waals surface area (Å²) < 4.78 is 0. The minimum Gasteiger partial charge on any atom is -0.325 e. The molecule has 2 rings (SSSR count). The van der Waals surface area contributed by atoms with Crippen LogP contribution in [-0.4, -0.2) is 36.3 Å². The van der Waals surface area contributed by atoms with Gasteiger partial charge in [-0.25, -0.2) is 0 Å². The Balaban J connectivity index is 1.92. The molecule has 25 heavy (non-hydrogen) atoms. The molecule has 5 nitrogen and oxygen atoms in total. The fourth-order valence-electron chi connectivity index (χ4n) is 2.52. The molecular formula is C20H25N3O2. The van der Waals surface area contributed by atoms with Crippen molar-refractivity contribution >= 4 is 23.2 Å². The van der Waals surface area contributed by atoms with Gasteiger partial charge in [0.05, 0.1) is 12.6 Å². The van der Waals surface area contributed by atoms with Crippen LogP contribution in [0.3, 0.4) is 0 Å². The molecule has 2 N–H and O–H groups in total. The fourth-order valence-corrected chi connectivity index (χ4v) is 2.52. The monoisotopic (exact) mass is 339 g/mol. The average Bonchev–Trinajstić information content (AvgIpc) is 2.58. The minimum atomic E-state index is -0.427. The molecule has 0 bridgehead atoms. The van der Waals surface area contributed by atoms with E-state index in [1.807, 2.05) is 62.4 Å². The van der Waals surface area contributed by atoms with Crippen LogP contribution in [0.4, 0.5) is 11.4 Å². The molecule has 1 unspecified atom stereocenters. The van der Waals surface area contributed by atoms with E-state index in [0.29, 0.717) is 0 Å². The highest BCUT2D eigenvalue weighted by Gasteiger charge is 2.20. The summed E-state index contributed by atoms with van der Waals surface area (Å²) in [6.07, 6.45) is 0. The summed E-state index contributed by atoms with van der Waals surface area (Å²) in [6.45, 7) is 5.84. The number of likely N-dealkylation sites (N-methyl/N-ethyl adjacent to an activating group) is 1.